The smallest absolute Gasteiger partial charge is 1.00 e. The zero-order chi connectivity index (χ0) is 11.5. The first-order valence-electron chi connectivity index (χ1n) is 3.80. The zero-order valence-electron chi connectivity index (χ0n) is 8.73. The number of hydrogen-bond acceptors (Lipinski definition) is 4. The fraction of sp³-hybridized carbons (Fsp3) is 0.125. The van der Waals surface area contributed by atoms with Gasteiger partial charge >= 0.3 is 149 Å². The minimum absolute atomic E-state index is 0. The van der Waals surface area contributed by atoms with Crippen LogP contribution in [0.4, 0.5) is 10.5 Å². The van der Waals surface area contributed by atoms with Crippen LogP contribution >= 0.6 is 0 Å². The quantitative estimate of drug-likeness (QED) is 0.142. The average Bonchev–Trinajstić information content (AvgIpc) is 2.17. The van der Waals surface area contributed by atoms with Crippen molar-refractivity contribution in [2.24, 2.45) is 0 Å². The molecule has 1 aromatic carbocycles. The molecular formula is C8H8IKNO4S-. The minimum Gasteiger partial charge on any atom is 1.00 e. The van der Waals surface area contributed by atoms with Gasteiger partial charge in [0.05, 0.1) is 0 Å². The van der Waals surface area contributed by atoms with E-state index in [1.807, 2.05) is 4.93 Å². The number of carbonyl (C=O) groups excluding carboxylic acids is 1. The maximum atomic E-state index is 11.0. The van der Waals surface area contributed by atoms with Gasteiger partial charge in [0, 0.05) is 0 Å². The van der Waals surface area contributed by atoms with E-state index in [0.717, 1.165) is 0 Å². The van der Waals surface area contributed by atoms with Gasteiger partial charge in [-0.25, -0.2) is 0 Å². The van der Waals surface area contributed by atoms with Crippen LogP contribution in [0.5, 0.6) is 0 Å². The largest absolute Gasteiger partial charge is 1.00 e. The van der Waals surface area contributed by atoms with Crippen molar-refractivity contribution in [1.82, 2.24) is 0 Å². The van der Waals surface area contributed by atoms with E-state index < -0.39 is 31.3 Å². The van der Waals surface area contributed by atoms with Crippen molar-refractivity contribution in [2.45, 2.75) is 4.90 Å². The molecule has 0 aliphatic carbocycles. The maximum Gasteiger partial charge on any atom is 1.00 e. The molecular weight excluding hydrogens is 372 g/mol. The van der Waals surface area contributed by atoms with Gasteiger partial charge in [-0.1, -0.05) is 0 Å². The maximum absolute atomic E-state index is 11.0. The molecule has 0 spiro atoms. The Bertz CT molecular complexity index is 459. The summed E-state index contributed by atoms with van der Waals surface area (Å²) in [7, 11) is -4.41. The Labute approximate surface area is 147 Å². The number of rotatable bonds is 3. The number of carbonyl (C=O) groups is 1. The SMILES string of the molecule is C[I-]C(=O)Nc1ccc(S(=O)(=O)[O-])cc1.[K+]. The minimum atomic E-state index is -4.41. The molecule has 0 radical (unpaired) electrons. The number of nitrogens with one attached hydrogen (secondary N) is 1. The normalized spacial score (nSPS) is 10.6. The Hall–Kier alpha value is 0.966. The first-order chi connectivity index (χ1) is 6.93. The average molecular weight is 380 g/mol. The summed E-state index contributed by atoms with van der Waals surface area (Å²) in [6.45, 7) is 0. The predicted molar refractivity (Wildman–Crippen MR) is 49.3 cm³/mol. The number of hydrogen-bond donors (Lipinski definition) is 1. The Balaban J connectivity index is 0.00000225. The van der Waals surface area contributed by atoms with Crippen LogP contribution in [0.15, 0.2) is 29.2 Å². The van der Waals surface area contributed by atoms with Crippen LogP contribution in [-0.2, 0) is 10.1 Å². The molecule has 8 heteroatoms. The van der Waals surface area contributed by atoms with Crippen LogP contribution in [-0.4, -0.2) is 21.8 Å². The van der Waals surface area contributed by atoms with Crippen molar-refractivity contribution in [3.05, 3.63) is 24.3 Å². The van der Waals surface area contributed by atoms with Crippen molar-refractivity contribution in [3.8, 4) is 0 Å². The second kappa shape index (κ2) is 7.41. The molecule has 16 heavy (non-hydrogen) atoms. The molecule has 0 fully saturated rings. The van der Waals surface area contributed by atoms with Crippen LogP contribution in [0.3, 0.4) is 0 Å². The van der Waals surface area contributed by atoms with Crippen LogP contribution < -0.4 is 77.9 Å². The van der Waals surface area contributed by atoms with Crippen molar-refractivity contribution in [2.75, 3.05) is 10.2 Å². The predicted octanol–water partition coefficient (Wildman–Crippen LogP) is -5.15. The second-order valence-electron chi connectivity index (χ2n) is 2.57. The molecule has 5 nitrogen and oxygen atoms in total. The molecule has 0 aromatic heterocycles. The summed E-state index contributed by atoms with van der Waals surface area (Å²) in [5.74, 6) is 0. The number of anilines is 1. The van der Waals surface area contributed by atoms with Gasteiger partial charge in [-0.3, -0.25) is 0 Å². The van der Waals surface area contributed by atoms with Gasteiger partial charge in [-0.05, 0) is 0 Å². The molecule has 1 amide bonds. The van der Waals surface area contributed by atoms with E-state index in [4.69, 9.17) is 0 Å². The van der Waals surface area contributed by atoms with Gasteiger partial charge in [-0.2, -0.15) is 0 Å². The summed E-state index contributed by atoms with van der Waals surface area (Å²) < 4.78 is 31.7. The molecule has 84 valence electrons. The summed E-state index contributed by atoms with van der Waals surface area (Å²) in [6, 6.07) is 5.13. The van der Waals surface area contributed by atoms with Gasteiger partial charge in [0.15, 0.2) is 0 Å². The fourth-order valence-electron chi connectivity index (χ4n) is 0.866. The molecule has 0 bridgehead atoms. The van der Waals surface area contributed by atoms with Gasteiger partial charge in [-0.15, -0.1) is 0 Å². The summed E-state index contributed by atoms with van der Waals surface area (Å²) >= 11 is -0.542. The number of halogens is 1. The molecule has 0 aliphatic rings. The van der Waals surface area contributed by atoms with Gasteiger partial charge < -0.3 is 0 Å². The number of benzene rings is 1. The number of amides is 1. The third-order valence-electron chi connectivity index (χ3n) is 1.56. The molecule has 0 heterocycles. The third-order valence-corrected chi connectivity index (χ3v) is 3.66. The molecule has 0 atom stereocenters. The van der Waals surface area contributed by atoms with Crippen molar-refractivity contribution in [3.63, 3.8) is 0 Å². The van der Waals surface area contributed by atoms with Crippen molar-refractivity contribution in [1.29, 1.82) is 0 Å². The summed E-state index contributed by atoms with van der Waals surface area (Å²) in [6.07, 6.45) is 0. The van der Waals surface area contributed by atoms with Gasteiger partial charge in [0.2, 0.25) is 0 Å². The van der Waals surface area contributed by atoms with E-state index >= 15 is 0 Å². The van der Waals surface area contributed by atoms with Crippen LogP contribution in [0.1, 0.15) is 0 Å². The fourth-order valence-corrected chi connectivity index (χ4v) is 1.92. The van der Waals surface area contributed by atoms with E-state index in [9.17, 15) is 17.8 Å². The summed E-state index contributed by atoms with van der Waals surface area (Å²) in [4.78, 5) is 12.5. The third kappa shape index (κ3) is 5.53. The summed E-state index contributed by atoms with van der Waals surface area (Å²) in [5, 5.41) is 2.58. The first kappa shape index (κ1) is 17.0. The molecule has 1 aromatic rings. The van der Waals surface area contributed by atoms with Crippen molar-refractivity contribution >= 4 is 19.7 Å². The van der Waals surface area contributed by atoms with E-state index in [1.165, 1.54) is 24.3 Å². The zero-order valence-corrected chi connectivity index (χ0v) is 14.8. The second-order valence-corrected chi connectivity index (χ2v) is 6.00. The van der Waals surface area contributed by atoms with Crippen LogP contribution in [0.2, 0.25) is 0 Å². The van der Waals surface area contributed by atoms with Crippen LogP contribution in [0.25, 0.3) is 0 Å². The Kier molecular flexibility index (Phi) is 7.86. The van der Waals surface area contributed by atoms with E-state index in [1.54, 1.807) is 0 Å². The van der Waals surface area contributed by atoms with Gasteiger partial charge in [0.1, 0.15) is 0 Å². The molecule has 0 unspecified atom stereocenters. The summed E-state index contributed by atoms with van der Waals surface area (Å²) in [5.41, 5.74) is 0.494. The number of alkyl halides is 1. The molecule has 0 saturated heterocycles. The van der Waals surface area contributed by atoms with Crippen molar-refractivity contribution < 1.29 is 90.4 Å². The van der Waals surface area contributed by atoms with Gasteiger partial charge in [0.25, 0.3) is 0 Å². The van der Waals surface area contributed by atoms with Crippen LogP contribution in [0, 0.1) is 0 Å². The molecule has 1 rings (SSSR count). The first-order valence-corrected chi connectivity index (χ1v) is 8.44. The standard InChI is InChI=1S/C8H9INO4S.K/c1-9-8(11)10-6-2-4-7(5-3-6)15(12,13)14;/h2-5H,1H3,(H,10,11)(H,12,13,14);/q-1;+1/p-1. The van der Waals surface area contributed by atoms with E-state index in [-0.39, 0.29) is 60.2 Å². The topological polar surface area (TPSA) is 86.3 Å². The Morgan fingerprint density at radius 1 is 1.31 bits per heavy atom. The molecule has 0 aliphatic heterocycles. The molecule has 0 saturated carbocycles. The molecule has 1 N–H and O–H groups in total. The Morgan fingerprint density at radius 2 is 1.81 bits per heavy atom. The Morgan fingerprint density at radius 3 is 2.19 bits per heavy atom. The monoisotopic (exact) mass is 380 g/mol. The van der Waals surface area contributed by atoms with E-state index in [2.05, 4.69) is 5.32 Å². The van der Waals surface area contributed by atoms with E-state index in [0.29, 0.717) is 5.69 Å².